The molecule has 0 amide bonds. The molecule has 20 heavy (non-hydrogen) atoms. The van der Waals surface area contributed by atoms with E-state index in [1.807, 2.05) is 24.1 Å². The Morgan fingerprint density at radius 1 is 1.25 bits per heavy atom. The topological polar surface area (TPSA) is 42.2 Å². The molecule has 1 fully saturated rings. The molecule has 1 aromatic carbocycles. The molecule has 0 spiro atoms. The van der Waals surface area contributed by atoms with E-state index < -0.39 is 0 Å². The van der Waals surface area contributed by atoms with Gasteiger partial charge in [0.05, 0.1) is 0 Å². The van der Waals surface area contributed by atoms with Gasteiger partial charge in [-0.2, -0.15) is 0 Å². The van der Waals surface area contributed by atoms with Gasteiger partial charge in [-0.25, -0.2) is 0 Å². The molecule has 0 bridgehead atoms. The van der Waals surface area contributed by atoms with Gasteiger partial charge in [0.25, 0.3) is 0 Å². The highest BCUT2D eigenvalue weighted by Gasteiger charge is 2.24. The van der Waals surface area contributed by atoms with Crippen LogP contribution in [0.3, 0.4) is 0 Å². The van der Waals surface area contributed by atoms with E-state index in [-0.39, 0.29) is 0 Å². The number of rotatable bonds is 3. The first-order valence-corrected chi connectivity index (χ1v) is 8.14. The van der Waals surface area contributed by atoms with Gasteiger partial charge in [-0.15, -0.1) is 10.2 Å². The molecular formula is C15H19N3OS. The lowest BCUT2D eigenvalue weighted by Crippen LogP contribution is -2.27. The average molecular weight is 289 g/mol. The van der Waals surface area contributed by atoms with Gasteiger partial charge < -0.3 is 4.42 Å². The summed E-state index contributed by atoms with van der Waals surface area (Å²) in [5.41, 5.74) is 2.21. The second-order valence-electron chi connectivity index (χ2n) is 5.20. The van der Waals surface area contributed by atoms with E-state index in [2.05, 4.69) is 39.8 Å². The van der Waals surface area contributed by atoms with Gasteiger partial charge in [0.2, 0.25) is 11.8 Å². The Morgan fingerprint density at radius 3 is 2.75 bits per heavy atom. The number of piperidine rings is 1. The zero-order valence-electron chi connectivity index (χ0n) is 11.9. The van der Waals surface area contributed by atoms with E-state index in [1.165, 1.54) is 5.56 Å². The molecule has 0 atom stereocenters. The lowest BCUT2D eigenvalue weighted by Gasteiger charge is -2.27. The zero-order valence-corrected chi connectivity index (χ0v) is 12.7. The predicted molar refractivity (Wildman–Crippen MR) is 81.5 cm³/mol. The second kappa shape index (κ2) is 5.97. The van der Waals surface area contributed by atoms with Gasteiger partial charge in [-0.05, 0) is 38.2 Å². The summed E-state index contributed by atoms with van der Waals surface area (Å²) in [6, 6.07) is 8.18. The van der Waals surface area contributed by atoms with Crippen molar-refractivity contribution in [3.05, 3.63) is 35.7 Å². The molecule has 5 heteroatoms. The summed E-state index contributed by atoms with van der Waals surface area (Å²) in [7, 11) is 0. The Balaban J connectivity index is 1.74. The van der Waals surface area contributed by atoms with Gasteiger partial charge in [-0.3, -0.25) is 4.31 Å². The van der Waals surface area contributed by atoms with Gasteiger partial charge in [0.15, 0.2) is 0 Å². The van der Waals surface area contributed by atoms with Crippen LogP contribution in [-0.2, 0) is 0 Å². The molecule has 0 unspecified atom stereocenters. The quantitative estimate of drug-likeness (QED) is 0.809. The number of benzene rings is 1. The highest BCUT2D eigenvalue weighted by Crippen LogP contribution is 2.30. The smallest absolute Gasteiger partial charge is 0.247 e. The third kappa shape index (κ3) is 2.88. The van der Waals surface area contributed by atoms with Crippen molar-refractivity contribution in [1.29, 1.82) is 0 Å². The molecule has 0 N–H and O–H groups in total. The van der Waals surface area contributed by atoms with E-state index in [0.29, 0.717) is 11.8 Å². The van der Waals surface area contributed by atoms with Crippen LogP contribution < -0.4 is 0 Å². The maximum Gasteiger partial charge on any atom is 0.247 e. The molecule has 4 nitrogen and oxygen atoms in total. The normalized spacial score (nSPS) is 17.5. The highest BCUT2D eigenvalue weighted by atomic mass is 32.2. The SMILES string of the molecule is CSN1CCC(c2nnc(-c3cccc(C)c3)o2)CC1. The fraction of sp³-hybridized carbons (Fsp3) is 0.467. The molecular weight excluding hydrogens is 270 g/mol. The van der Waals surface area contributed by atoms with Crippen molar-refractivity contribution in [2.75, 3.05) is 19.3 Å². The van der Waals surface area contributed by atoms with Crippen molar-refractivity contribution in [1.82, 2.24) is 14.5 Å². The number of nitrogens with zero attached hydrogens (tertiary/aromatic N) is 3. The Bertz CT molecular complexity index is 576. The molecule has 2 aromatic rings. The Morgan fingerprint density at radius 2 is 2.05 bits per heavy atom. The highest BCUT2D eigenvalue weighted by molar-refractivity contribution is 7.96. The third-order valence-corrected chi connectivity index (χ3v) is 4.65. The summed E-state index contributed by atoms with van der Waals surface area (Å²) in [5, 5.41) is 8.46. The van der Waals surface area contributed by atoms with Crippen molar-refractivity contribution >= 4 is 11.9 Å². The van der Waals surface area contributed by atoms with Crippen LogP contribution >= 0.6 is 11.9 Å². The van der Waals surface area contributed by atoms with E-state index in [0.717, 1.165) is 37.4 Å². The largest absolute Gasteiger partial charge is 0.420 e. The maximum absolute atomic E-state index is 5.89. The summed E-state index contributed by atoms with van der Waals surface area (Å²) in [6.07, 6.45) is 4.31. The summed E-state index contributed by atoms with van der Waals surface area (Å²) < 4.78 is 8.27. The van der Waals surface area contributed by atoms with Gasteiger partial charge in [0.1, 0.15) is 0 Å². The Labute approximate surface area is 123 Å². The van der Waals surface area contributed by atoms with E-state index in [4.69, 9.17) is 4.42 Å². The van der Waals surface area contributed by atoms with Crippen molar-refractivity contribution in [3.8, 4) is 11.5 Å². The van der Waals surface area contributed by atoms with Crippen LogP contribution in [-0.4, -0.2) is 33.8 Å². The molecule has 3 rings (SSSR count). The summed E-state index contributed by atoms with van der Waals surface area (Å²) in [4.78, 5) is 0. The van der Waals surface area contributed by atoms with E-state index in [9.17, 15) is 0 Å². The van der Waals surface area contributed by atoms with Crippen molar-refractivity contribution < 1.29 is 4.42 Å². The van der Waals surface area contributed by atoms with Crippen LogP contribution in [0, 0.1) is 6.92 Å². The lowest BCUT2D eigenvalue weighted by molar-refractivity contribution is 0.310. The Kier molecular flexibility index (Phi) is 4.08. The molecule has 1 saturated heterocycles. The van der Waals surface area contributed by atoms with E-state index >= 15 is 0 Å². The molecule has 0 aliphatic carbocycles. The van der Waals surface area contributed by atoms with Gasteiger partial charge >= 0.3 is 0 Å². The predicted octanol–water partition coefficient (Wildman–Crippen LogP) is 3.50. The van der Waals surface area contributed by atoms with Crippen LogP contribution in [0.4, 0.5) is 0 Å². The summed E-state index contributed by atoms with van der Waals surface area (Å²) >= 11 is 1.81. The second-order valence-corrected chi connectivity index (χ2v) is 6.08. The molecule has 2 heterocycles. The summed E-state index contributed by atoms with van der Waals surface area (Å²) in [6.45, 7) is 4.25. The van der Waals surface area contributed by atoms with Gasteiger partial charge in [0, 0.05) is 24.6 Å². The molecule has 106 valence electrons. The Hall–Kier alpha value is -1.33. The van der Waals surface area contributed by atoms with E-state index in [1.54, 1.807) is 0 Å². The average Bonchev–Trinajstić information content (AvgIpc) is 2.97. The summed E-state index contributed by atoms with van der Waals surface area (Å²) in [5.74, 6) is 1.84. The number of aromatic nitrogens is 2. The zero-order chi connectivity index (χ0) is 13.9. The molecule has 1 aromatic heterocycles. The van der Waals surface area contributed by atoms with Crippen molar-refractivity contribution in [2.24, 2.45) is 0 Å². The van der Waals surface area contributed by atoms with Crippen molar-refractivity contribution in [2.45, 2.75) is 25.7 Å². The van der Waals surface area contributed by atoms with Crippen LogP contribution in [0.25, 0.3) is 11.5 Å². The first-order chi connectivity index (χ1) is 9.76. The fourth-order valence-corrected chi connectivity index (χ4v) is 3.16. The van der Waals surface area contributed by atoms with Crippen LogP contribution in [0.5, 0.6) is 0 Å². The standard InChI is InChI=1S/C15H19N3OS/c1-11-4-3-5-13(10-11)15-17-16-14(19-15)12-6-8-18(20-2)9-7-12/h3-5,10,12H,6-9H2,1-2H3. The van der Waals surface area contributed by atoms with Crippen LogP contribution in [0.2, 0.25) is 0 Å². The third-order valence-electron chi connectivity index (χ3n) is 3.77. The fourth-order valence-electron chi connectivity index (χ4n) is 2.58. The first-order valence-electron chi connectivity index (χ1n) is 6.96. The molecule has 0 saturated carbocycles. The monoisotopic (exact) mass is 289 g/mol. The molecule has 1 aliphatic rings. The van der Waals surface area contributed by atoms with Crippen LogP contribution in [0.15, 0.2) is 28.7 Å². The number of hydrogen-bond donors (Lipinski definition) is 0. The number of aryl methyl sites for hydroxylation is 1. The van der Waals surface area contributed by atoms with Crippen LogP contribution in [0.1, 0.15) is 30.2 Å². The molecule has 0 radical (unpaired) electrons. The van der Waals surface area contributed by atoms with Gasteiger partial charge in [-0.1, -0.05) is 29.6 Å². The first kappa shape index (κ1) is 13.6. The number of hydrogen-bond acceptors (Lipinski definition) is 5. The van der Waals surface area contributed by atoms with Crippen molar-refractivity contribution in [3.63, 3.8) is 0 Å². The minimum absolute atomic E-state index is 0.407. The minimum Gasteiger partial charge on any atom is -0.420 e. The molecule has 1 aliphatic heterocycles. The lowest BCUT2D eigenvalue weighted by atomic mass is 9.98. The maximum atomic E-state index is 5.89. The minimum atomic E-state index is 0.407.